The Morgan fingerprint density at radius 1 is 1.00 bits per heavy atom. The van der Waals surface area contributed by atoms with Crippen molar-refractivity contribution < 1.29 is 13.2 Å². The average Bonchev–Trinajstić information content (AvgIpc) is 2.77. The topological polar surface area (TPSA) is 15.3 Å². The van der Waals surface area contributed by atoms with E-state index in [4.69, 9.17) is 0 Å². The summed E-state index contributed by atoms with van der Waals surface area (Å²) in [5.74, 6) is -1.07. The molecular formula is C14H25F3N2. The molecule has 0 amide bonds. The summed E-state index contributed by atoms with van der Waals surface area (Å²) in [4.78, 5) is 2.43. The molecule has 0 spiro atoms. The quantitative estimate of drug-likeness (QED) is 0.853. The van der Waals surface area contributed by atoms with Gasteiger partial charge in [-0.1, -0.05) is 0 Å². The van der Waals surface area contributed by atoms with Crippen LogP contribution in [0.25, 0.3) is 0 Å². The molecule has 1 unspecified atom stereocenters. The molecule has 2 rings (SSSR count). The molecule has 1 atom stereocenters. The zero-order valence-electron chi connectivity index (χ0n) is 11.8. The molecule has 1 saturated heterocycles. The maximum atomic E-state index is 12.6. The van der Waals surface area contributed by atoms with Crippen LogP contribution in [0.4, 0.5) is 13.2 Å². The van der Waals surface area contributed by atoms with Gasteiger partial charge in [0, 0.05) is 24.7 Å². The Labute approximate surface area is 113 Å². The fraction of sp³-hybridized carbons (Fsp3) is 1.00. The van der Waals surface area contributed by atoms with Crippen molar-refractivity contribution in [2.24, 2.45) is 5.92 Å². The van der Waals surface area contributed by atoms with Gasteiger partial charge in [0.05, 0.1) is 5.92 Å². The van der Waals surface area contributed by atoms with E-state index in [2.05, 4.69) is 24.1 Å². The Hall–Kier alpha value is -0.290. The van der Waals surface area contributed by atoms with E-state index in [1.807, 2.05) is 0 Å². The summed E-state index contributed by atoms with van der Waals surface area (Å²) >= 11 is 0. The largest absolute Gasteiger partial charge is 0.391 e. The third-order valence-corrected chi connectivity index (χ3v) is 4.61. The molecule has 0 aromatic rings. The van der Waals surface area contributed by atoms with Crippen molar-refractivity contribution in [2.45, 2.75) is 70.3 Å². The van der Waals surface area contributed by atoms with Crippen molar-refractivity contribution in [2.75, 3.05) is 13.1 Å². The van der Waals surface area contributed by atoms with E-state index in [1.165, 1.54) is 0 Å². The molecule has 1 heterocycles. The fourth-order valence-electron chi connectivity index (χ4n) is 3.31. The molecule has 1 aliphatic heterocycles. The molecule has 1 saturated carbocycles. The minimum atomic E-state index is -3.99. The van der Waals surface area contributed by atoms with Crippen LogP contribution in [0.1, 0.15) is 46.0 Å². The maximum Gasteiger partial charge on any atom is 0.391 e. The average molecular weight is 278 g/mol. The number of nitrogens with zero attached hydrogens (tertiary/aromatic N) is 1. The number of nitrogens with one attached hydrogen (secondary N) is 1. The van der Waals surface area contributed by atoms with Crippen LogP contribution in [0.3, 0.4) is 0 Å². The van der Waals surface area contributed by atoms with Crippen LogP contribution in [0.2, 0.25) is 0 Å². The SMILES string of the molecule is CC(C)N1CCC(NC2CCC(C(F)(F)F)CC2)C1. The molecule has 19 heavy (non-hydrogen) atoms. The maximum absolute atomic E-state index is 12.6. The minimum Gasteiger partial charge on any atom is -0.310 e. The summed E-state index contributed by atoms with van der Waals surface area (Å²) in [5, 5.41) is 3.57. The standard InChI is InChI=1S/C14H25F3N2/c1-10(2)19-8-7-13(9-19)18-12-5-3-11(4-6-12)14(15,16)17/h10-13,18H,3-9H2,1-2H3. The molecule has 0 aromatic carbocycles. The molecule has 2 fully saturated rings. The molecule has 0 radical (unpaired) electrons. The van der Waals surface area contributed by atoms with E-state index in [0.717, 1.165) is 19.5 Å². The van der Waals surface area contributed by atoms with Gasteiger partial charge in [-0.3, -0.25) is 4.90 Å². The lowest BCUT2D eigenvalue weighted by atomic mass is 9.85. The second-order valence-corrected chi connectivity index (χ2v) is 6.33. The third kappa shape index (κ3) is 4.09. The molecule has 0 bridgehead atoms. The van der Waals surface area contributed by atoms with E-state index in [-0.39, 0.29) is 6.04 Å². The summed E-state index contributed by atoms with van der Waals surface area (Å²) in [6.45, 7) is 6.53. The number of alkyl halides is 3. The normalized spacial score (nSPS) is 34.1. The van der Waals surface area contributed by atoms with Crippen LogP contribution in [0, 0.1) is 5.92 Å². The van der Waals surface area contributed by atoms with Gasteiger partial charge in [0.25, 0.3) is 0 Å². The first-order valence-electron chi connectivity index (χ1n) is 7.43. The molecule has 0 aromatic heterocycles. The van der Waals surface area contributed by atoms with Crippen LogP contribution in [-0.2, 0) is 0 Å². The highest BCUT2D eigenvalue weighted by atomic mass is 19.4. The number of hydrogen-bond acceptors (Lipinski definition) is 2. The predicted octanol–water partition coefficient (Wildman–Crippen LogP) is 3.18. The van der Waals surface area contributed by atoms with Crippen molar-refractivity contribution in [1.82, 2.24) is 10.2 Å². The Morgan fingerprint density at radius 3 is 2.11 bits per heavy atom. The predicted molar refractivity (Wildman–Crippen MR) is 70.1 cm³/mol. The van der Waals surface area contributed by atoms with Crippen molar-refractivity contribution in [3.05, 3.63) is 0 Å². The summed E-state index contributed by atoms with van der Waals surface area (Å²) < 4.78 is 37.8. The highest BCUT2D eigenvalue weighted by molar-refractivity contribution is 4.88. The van der Waals surface area contributed by atoms with E-state index < -0.39 is 12.1 Å². The Kier molecular flexibility index (Phi) is 4.77. The van der Waals surface area contributed by atoms with Gasteiger partial charge >= 0.3 is 6.18 Å². The van der Waals surface area contributed by atoms with Crippen molar-refractivity contribution in [1.29, 1.82) is 0 Å². The van der Waals surface area contributed by atoms with Crippen LogP contribution < -0.4 is 5.32 Å². The molecule has 2 aliphatic rings. The van der Waals surface area contributed by atoms with E-state index in [0.29, 0.717) is 37.8 Å². The van der Waals surface area contributed by atoms with Gasteiger partial charge < -0.3 is 5.32 Å². The minimum absolute atomic E-state index is 0.288. The lowest BCUT2D eigenvalue weighted by Crippen LogP contribution is -2.43. The van der Waals surface area contributed by atoms with E-state index >= 15 is 0 Å². The molecule has 1 N–H and O–H groups in total. The molecular weight excluding hydrogens is 253 g/mol. The van der Waals surface area contributed by atoms with E-state index in [9.17, 15) is 13.2 Å². The second-order valence-electron chi connectivity index (χ2n) is 6.33. The first-order valence-corrected chi connectivity index (χ1v) is 7.43. The van der Waals surface area contributed by atoms with Crippen LogP contribution in [-0.4, -0.2) is 42.3 Å². The van der Waals surface area contributed by atoms with E-state index in [1.54, 1.807) is 0 Å². The highest BCUT2D eigenvalue weighted by Crippen LogP contribution is 2.37. The Balaban J connectivity index is 1.72. The van der Waals surface area contributed by atoms with Crippen molar-refractivity contribution >= 4 is 0 Å². The van der Waals surface area contributed by atoms with Gasteiger partial charge in [-0.15, -0.1) is 0 Å². The molecule has 1 aliphatic carbocycles. The number of hydrogen-bond donors (Lipinski definition) is 1. The van der Waals surface area contributed by atoms with Gasteiger partial charge in [0.15, 0.2) is 0 Å². The summed E-state index contributed by atoms with van der Waals surface area (Å²) in [6.07, 6.45) is -0.946. The Morgan fingerprint density at radius 2 is 1.63 bits per heavy atom. The smallest absolute Gasteiger partial charge is 0.310 e. The summed E-state index contributed by atoms with van der Waals surface area (Å²) in [5.41, 5.74) is 0. The molecule has 5 heteroatoms. The lowest BCUT2D eigenvalue weighted by molar-refractivity contribution is -0.182. The highest BCUT2D eigenvalue weighted by Gasteiger charge is 2.41. The summed E-state index contributed by atoms with van der Waals surface area (Å²) in [6, 6.07) is 1.32. The zero-order chi connectivity index (χ0) is 14.0. The van der Waals surface area contributed by atoms with Gasteiger partial charge in [0.2, 0.25) is 0 Å². The van der Waals surface area contributed by atoms with Gasteiger partial charge in [-0.25, -0.2) is 0 Å². The second kappa shape index (κ2) is 6.00. The van der Waals surface area contributed by atoms with Crippen LogP contribution in [0.5, 0.6) is 0 Å². The van der Waals surface area contributed by atoms with Gasteiger partial charge in [-0.2, -0.15) is 13.2 Å². The molecule has 112 valence electrons. The van der Waals surface area contributed by atoms with Gasteiger partial charge in [-0.05, 0) is 52.5 Å². The zero-order valence-corrected chi connectivity index (χ0v) is 11.8. The third-order valence-electron chi connectivity index (χ3n) is 4.61. The van der Waals surface area contributed by atoms with Crippen LogP contribution in [0.15, 0.2) is 0 Å². The lowest BCUT2D eigenvalue weighted by Gasteiger charge is -2.32. The first kappa shape index (κ1) is 15.1. The fourth-order valence-corrected chi connectivity index (χ4v) is 3.31. The number of halogens is 3. The number of rotatable bonds is 3. The Bertz CT molecular complexity index is 283. The summed E-state index contributed by atoms with van der Waals surface area (Å²) in [7, 11) is 0. The number of likely N-dealkylation sites (tertiary alicyclic amines) is 1. The monoisotopic (exact) mass is 278 g/mol. The molecule has 2 nitrogen and oxygen atoms in total. The van der Waals surface area contributed by atoms with Crippen molar-refractivity contribution in [3.63, 3.8) is 0 Å². The first-order chi connectivity index (χ1) is 8.86. The van der Waals surface area contributed by atoms with Crippen molar-refractivity contribution in [3.8, 4) is 0 Å². The van der Waals surface area contributed by atoms with Gasteiger partial charge in [0.1, 0.15) is 0 Å². The van der Waals surface area contributed by atoms with Crippen LogP contribution >= 0.6 is 0 Å².